The van der Waals surface area contributed by atoms with Crippen molar-refractivity contribution < 1.29 is 8.42 Å². The van der Waals surface area contributed by atoms with E-state index in [0.717, 1.165) is 30.3 Å². The molecule has 22 heavy (non-hydrogen) atoms. The zero-order valence-corrected chi connectivity index (χ0v) is 14.8. The van der Waals surface area contributed by atoms with E-state index in [1.165, 1.54) is 6.26 Å². The van der Waals surface area contributed by atoms with E-state index in [9.17, 15) is 8.42 Å². The monoisotopic (exact) mass is 326 g/mol. The molecular formula is C15H26N4O2S. The highest BCUT2D eigenvalue weighted by molar-refractivity contribution is 7.88. The predicted molar refractivity (Wildman–Crippen MR) is 88.8 cm³/mol. The van der Waals surface area contributed by atoms with E-state index in [-0.39, 0.29) is 12.0 Å². The van der Waals surface area contributed by atoms with Crippen LogP contribution in [-0.4, -0.2) is 43.8 Å². The molecule has 6 nitrogen and oxygen atoms in total. The second-order valence-electron chi connectivity index (χ2n) is 6.64. The first-order valence-corrected chi connectivity index (χ1v) is 9.66. The highest BCUT2D eigenvalue weighted by Gasteiger charge is 2.26. The van der Waals surface area contributed by atoms with Gasteiger partial charge in [-0.1, -0.05) is 27.7 Å². The summed E-state index contributed by atoms with van der Waals surface area (Å²) >= 11 is 0. The molecule has 1 aromatic rings. The van der Waals surface area contributed by atoms with Crippen molar-refractivity contribution in [2.75, 3.05) is 24.2 Å². The molecule has 1 aliphatic heterocycles. The molecule has 2 heterocycles. The van der Waals surface area contributed by atoms with Gasteiger partial charge in [-0.2, -0.15) is 0 Å². The Morgan fingerprint density at radius 2 is 1.91 bits per heavy atom. The zero-order valence-electron chi connectivity index (χ0n) is 14.0. The minimum absolute atomic E-state index is 0.0463. The summed E-state index contributed by atoms with van der Waals surface area (Å²) in [6, 6.07) is 1.98. The molecule has 0 aliphatic carbocycles. The van der Waals surface area contributed by atoms with Gasteiger partial charge in [-0.3, -0.25) is 0 Å². The molecule has 0 aromatic carbocycles. The molecule has 1 saturated heterocycles. The summed E-state index contributed by atoms with van der Waals surface area (Å²) in [5, 5.41) is 0. The molecular weight excluding hydrogens is 300 g/mol. The quantitative estimate of drug-likeness (QED) is 0.894. The lowest BCUT2D eigenvalue weighted by Crippen LogP contribution is -2.36. The van der Waals surface area contributed by atoms with Crippen LogP contribution in [0.25, 0.3) is 0 Å². The lowest BCUT2D eigenvalue weighted by molar-refractivity contribution is 0.567. The molecule has 0 radical (unpaired) electrons. The van der Waals surface area contributed by atoms with E-state index in [4.69, 9.17) is 0 Å². The first-order chi connectivity index (χ1) is 10.2. The van der Waals surface area contributed by atoms with Gasteiger partial charge in [-0.25, -0.2) is 23.1 Å². The third kappa shape index (κ3) is 4.39. The molecule has 1 atom stereocenters. The van der Waals surface area contributed by atoms with E-state index in [1.807, 2.05) is 6.07 Å². The fraction of sp³-hybridized carbons (Fsp3) is 0.733. The van der Waals surface area contributed by atoms with Crippen molar-refractivity contribution in [1.29, 1.82) is 0 Å². The minimum atomic E-state index is -3.17. The third-order valence-corrected chi connectivity index (χ3v) is 4.51. The number of rotatable bonds is 5. The summed E-state index contributed by atoms with van der Waals surface area (Å²) in [4.78, 5) is 11.4. The van der Waals surface area contributed by atoms with Crippen LogP contribution < -0.4 is 9.62 Å². The van der Waals surface area contributed by atoms with Gasteiger partial charge in [0.15, 0.2) is 0 Å². The lowest BCUT2D eigenvalue weighted by Gasteiger charge is -2.20. The van der Waals surface area contributed by atoms with Gasteiger partial charge in [0, 0.05) is 36.8 Å². The Morgan fingerprint density at radius 1 is 1.23 bits per heavy atom. The largest absolute Gasteiger partial charge is 0.355 e. The third-order valence-electron chi connectivity index (χ3n) is 3.75. The molecule has 2 rings (SSSR count). The van der Waals surface area contributed by atoms with Gasteiger partial charge in [-0.15, -0.1) is 0 Å². The number of nitrogens with zero attached hydrogens (tertiary/aromatic N) is 3. The molecule has 124 valence electrons. The summed E-state index contributed by atoms with van der Waals surface area (Å²) in [6.45, 7) is 9.86. The van der Waals surface area contributed by atoms with Crippen LogP contribution in [0.15, 0.2) is 6.07 Å². The van der Waals surface area contributed by atoms with Gasteiger partial charge in [-0.05, 0) is 12.3 Å². The molecule has 1 N–H and O–H groups in total. The Kier molecular flexibility index (Phi) is 5.07. The SMILES string of the molecule is CC(C)c1cc(N2CC[C@H](NS(C)(=O)=O)C2)nc(C(C)C)n1. The number of hydrogen-bond donors (Lipinski definition) is 1. The standard InChI is InChI=1S/C15H26N4O2S/c1-10(2)13-8-14(17-15(16-13)11(3)4)19-7-6-12(9-19)18-22(5,20)21/h8,10-12,18H,6-7,9H2,1-5H3/t12-/m0/s1. The zero-order chi connectivity index (χ0) is 16.5. The lowest BCUT2D eigenvalue weighted by atomic mass is 10.1. The van der Waals surface area contributed by atoms with Crippen molar-refractivity contribution in [1.82, 2.24) is 14.7 Å². The van der Waals surface area contributed by atoms with Gasteiger partial charge in [0.2, 0.25) is 10.0 Å². The molecule has 0 saturated carbocycles. The Labute approximate surface area is 133 Å². The summed E-state index contributed by atoms with van der Waals surface area (Å²) < 4.78 is 25.4. The van der Waals surface area contributed by atoms with Crippen molar-refractivity contribution in [3.8, 4) is 0 Å². The van der Waals surface area contributed by atoms with Crippen LogP contribution in [0.3, 0.4) is 0 Å². The summed E-state index contributed by atoms with van der Waals surface area (Å²) in [7, 11) is -3.17. The van der Waals surface area contributed by atoms with Crippen molar-refractivity contribution in [2.24, 2.45) is 0 Å². The highest BCUT2D eigenvalue weighted by atomic mass is 32.2. The number of hydrogen-bond acceptors (Lipinski definition) is 5. The Balaban J connectivity index is 2.22. The van der Waals surface area contributed by atoms with Crippen molar-refractivity contribution >= 4 is 15.8 Å². The number of sulfonamides is 1. The molecule has 0 spiro atoms. The van der Waals surface area contributed by atoms with Gasteiger partial charge >= 0.3 is 0 Å². The van der Waals surface area contributed by atoms with Gasteiger partial charge in [0.25, 0.3) is 0 Å². The predicted octanol–water partition coefficient (Wildman–Crippen LogP) is 1.85. The van der Waals surface area contributed by atoms with E-state index >= 15 is 0 Å². The number of nitrogens with one attached hydrogen (secondary N) is 1. The topological polar surface area (TPSA) is 75.2 Å². The average Bonchev–Trinajstić information content (AvgIpc) is 2.84. The first kappa shape index (κ1) is 17.1. The summed E-state index contributed by atoms with van der Waals surface area (Å²) in [6.07, 6.45) is 2.00. The van der Waals surface area contributed by atoms with Gasteiger partial charge in [0.1, 0.15) is 11.6 Å². The second-order valence-corrected chi connectivity index (χ2v) is 8.42. The molecule has 0 bridgehead atoms. The molecule has 1 fully saturated rings. The van der Waals surface area contributed by atoms with E-state index in [0.29, 0.717) is 12.5 Å². The molecule has 0 amide bonds. The summed E-state index contributed by atoms with van der Waals surface area (Å²) in [5.74, 6) is 2.36. The van der Waals surface area contributed by atoms with Crippen molar-refractivity contribution in [3.63, 3.8) is 0 Å². The van der Waals surface area contributed by atoms with E-state index in [2.05, 4.69) is 47.3 Å². The van der Waals surface area contributed by atoms with E-state index < -0.39 is 10.0 Å². The minimum Gasteiger partial charge on any atom is -0.355 e. The average molecular weight is 326 g/mol. The second kappa shape index (κ2) is 6.50. The summed E-state index contributed by atoms with van der Waals surface area (Å²) in [5.41, 5.74) is 1.04. The van der Waals surface area contributed by atoms with Crippen LogP contribution in [0.4, 0.5) is 5.82 Å². The normalized spacial score (nSPS) is 19.4. The molecule has 0 unspecified atom stereocenters. The molecule has 1 aromatic heterocycles. The maximum atomic E-state index is 11.4. The molecule has 1 aliphatic rings. The Morgan fingerprint density at radius 3 is 2.45 bits per heavy atom. The van der Waals surface area contributed by atoms with Crippen LogP contribution in [0.5, 0.6) is 0 Å². The van der Waals surface area contributed by atoms with Gasteiger partial charge < -0.3 is 4.90 Å². The van der Waals surface area contributed by atoms with Crippen LogP contribution in [0.1, 0.15) is 57.5 Å². The number of aromatic nitrogens is 2. The van der Waals surface area contributed by atoms with Crippen LogP contribution in [0.2, 0.25) is 0 Å². The van der Waals surface area contributed by atoms with Crippen molar-refractivity contribution in [3.05, 3.63) is 17.6 Å². The van der Waals surface area contributed by atoms with Crippen LogP contribution in [0, 0.1) is 0 Å². The Bertz CT molecular complexity index is 602. The smallest absolute Gasteiger partial charge is 0.209 e. The highest BCUT2D eigenvalue weighted by Crippen LogP contribution is 2.24. The van der Waals surface area contributed by atoms with Crippen LogP contribution in [-0.2, 0) is 10.0 Å². The number of anilines is 1. The maximum Gasteiger partial charge on any atom is 0.209 e. The molecule has 7 heteroatoms. The fourth-order valence-corrected chi connectivity index (χ4v) is 3.35. The maximum absolute atomic E-state index is 11.4. The van der Waals surface area contributed by atoms with Gasteiger partial charge in [0.05, 0.1) is 6.26 Å². The van der Waals surface area contributed by atoms with Crippen molar-refractivity contribution in [2.45, 2.75) is 52.0 Å². The Hall–Kier alpha value is -1.21. The first-order valence-electron chi connectivity index (χ1n) is 7.77. The van der Waals surface area contributed by atoms with E-state index in [1.54, 1.807) is 0 Å². The fourth-order valence-electron chi connectivity index (χ4n) is 2.55. The van der Waals surface area contributed by atoms with Crippen LogP contribution >= 0.6 is 0 Å².